The summed E-state index contributed by atoms with van der Waals surface area (Å²) >= 11 is 0. The molecule has 1 aromatic heterocycles. The highest BCUT2D eigenvalue weighted by molar-refractivity contribution is 7.88. The van der Waals surface area contributed by atoms with Crippen molar-refractivity contribution in [3.05, 3.63) is 121 Å². The number of hydrogen-bond acceptors (Lipinski definition) is 6. The molecule has 16 heteroatoms. The normalized spacial score (nSPS) is 13.0. The Morgan fingerprint density at radius 3 is 1.37 bits per heavy atom. The van der Waals surface area contributed by atoms with Crippen molar-refractivity contribution in [2.45, 2.75) is 23.3 Å². The minimum Gasteiger partial charge on any atom is -0.378 e. The third-order valence-corrected chi connectivity index (χ3v) is 8.92. The molecule has 0 bridgehead atoms. The molecule has 0 aliphatic rings. The zero-order chi connectivity index (χ0) is 36.8. The third-order valence-electron chi connectivity index (χ3n) is 7.62. The summed E-state index contributed by atoms with van der Waals surface area (Å²) in [5, 5.41) is -6.48. The number of rotatable bonds is 9. The monoisotopic (exact) mass is 733 g/mol. The van der Waals surface area contributed by atoms with Crippen LogP contribution in [0.25, 0.3) is 56.1 Å². The quantitative estimate of drug-likeness (QED) is 0.109. The van der Waals surface area contributed by atoms with Gasteiger partial charge >= 0.3 is 33.4 Å². The summed E-state index contributed by atoms with van der Waals surface area (Å²) in [7, 11) is -7.10. The first-order valence-corrected chi connectivity index (χ1v) is 16.0. The van der Waals surface area contributed by atoms with Gasteiger partial charge in [-0.15, -0.1) is 0 Å². The topological polar surface area (TPSA) is 82.0 Å². The van der Waals surface area contributed by atoms with Crippen LogP contribution in [0.15, 0.2) is 121 Å². The zero-order valence-electron chi connectivity index (χ0n) is 25.4. The lowest BCUT2D eigenvalue weighted by Crippen LogP contribution is -2.63. The second kappa shape index (κ2) is 12.7. The molecule has 1 heterocycles. The van der Waals surface area contributed by atoms with Crippen molar-refractivity contribution < 1.29 is 52.1 Å². The van der Waals surface area contributed by atoms with E-state index in [9.17, 15) is 47.9 Å². The van der Waals surface area contributed by atoms with E-state index in [0.717, 1.165) is 29.3 Å². The van der Waals surface area contributed by atoms with Crippen LogP contribution in [0.5, 0.6) is 5.75 Å². The second-order valence-corrected chi connectivity index (χ2v) is 12.6. The lowest BCUT2D eigenvalue weighted by atomic mass is 10.00. The lowest BCUT2D eigenvalue weighted by molar-refractivity contribution is -0.382. The predicted octanol–water partition coefficient (Wildman–Crippen LogP) is 9.83. The van der Waals surface area contributed by atoms with E-state index in [1.165, 1.54) is 6.07 Å². The van der Waals surface area contributed by atoms with Gasteiger partial charge in [-0.1, -0.05) is 103 Å². The van der Waals surface area contributed by atoms with E-state index in [1.54, 1.807) is 36.4 Å². The number of alkyl halides is 9. The van der Waals surface area contributed by atoms with Crippen LogP contribution in [-0.4, -0.2) is 46.6 Å². The van der Waals surface area contributed by atoms with Crippen LogP contribution >= 0.6 is 0 Å². The van der Waals surface area contributed by atoms with Crippen LogP contribution in [0.4, 0.5) is 39.5 Å². The molecule has 6 rings (SSSR count). The molecule has 0 aliphatic carbocycles. The Bertz CT molecular complexity index is 2270. The Kier molecular flexibility index (Phi) is 8.78. The van der Waals surface area contributed by atoms with Gasteiger partial charge in [-0.05, 0) is 40.1 Å². The smallest absolute Gasteiger partial charge is 0.378 e. The average molecular weight is 734 g/mol. The van der Waals surface area contributed by atoms with Gasteiger partial charge in [0.2, 0.25) is 0 Å². The summed E-state index contributed by atoms with van der Waals surface area (Å²) in [4.78, 5) is 14.0. The number of halogens is 9. The van der Waals surface area contributed by atoms with E-state index >= 15 is 0 Å². The minimum absolute atomic E-state index is 0.123. The summed E-state index contributed by atoms with van der Waals surface area (Å²) in [5.41, 5.74) is 3.24. The number of hydrogen-bond donors (Lipinski definition) is 0. The van der Waals surface area contributed by atoms with E-state index in [0.29, 0.717) is 39.5 Å². The van der Waals surface area contributed by atoms with Gasteiger partial charge < -0.3 is 4.18 Å². The minimum atomic E-state index is -7.42. The van der Waals surface area contributed by atoms with Gasteiger partial charge in [0, 0.05) is 16.7 Å². The van der Waals surface area contributed by atoms with Crippen LogP contribution in [0.3, 0.4) is 0 Å². The summed E-state index contributed by atoms with van der Waals surface area (Å²) in [6.07, 6.45) is -7.20. The first-order chi connectivity index (χ1) is 23.9. The van der Waals surface area contributed by atoms with Crippen LogP contribution in [0.1, 0.15) is 0 Å². The van der Waals surface area contributed by atoms with Crippen LogP contribution in [0.2, 0.25) is 0 Å². The maximum absolute atomic E-state index is 14.2. The highest BCUT2D eigenvalue weighted by atomic mass is 32.2. The second-order valence-electron chi connectivity index (χ2n) is 11.0. The maximum Gasteiger partial charge on any atom is 0.460 e. The van der Waals surface area contributed by atoms with E-state index < -0.39 is 39.1 Å². The van der Waals surface area contributed by atoms with Crippen molar-refractivity contribution >= 4 is 20.9 Å². The molecule has 0 radical (unpaired) electrons. The summed E-state index contributed by atoms with van der Waals surface area (Å²) in [5.74, 6) is -14.6. The Balaban J connectivity index is 1.30. The molecule has 0 atom stereocenters. The van der Waals surface area contributed by atoms with Crippen LogP contribution < -0.4 is 4.18 Å². The number of fused-ring (bicyclic) bond motifs is 1. The van der Waals surface area contributed by atoms with Crippen LogP contribution in [-0.2, 0) is 10.1 Å². The number of benzene rings is 5. The highest BCUT2D eigenvalue weighted by Crippen LogP contribution is 2.55. The molecule has 6 nitrogen and oxygen atoms in total. The van der Waals surface area contributed by atoms with Gasteiger partial charge in [0.1, 0.15) is 5.75 Å². The molecular formula is C35H20F9N3O3S. The first kappa shape index (κ1) is 35.3. The van der Waals surface area contributed by atoms with Crippen LogP contribution in [0, 0.1) is 0 Å². The number of aromatic nitrogens is 3. The van der Waals surface area contributed by atoms with Gasteiger partial charge in [-0.25, -0.2) is 15.0 Å². The van der Waals surface area contributed by atoms with Crippen molar-refractivity contribution in [1.29, 1.82) is 0 Å². The van der Waals surface area contributed by atoms with E-state index in [2.05, 4.69) is 19.1 Å². The maximum atomic E-state index is 14.2. The molecular weight excluding hydrogens is 713 g/mol. The van der Waals surface area contributed by atoms with Gasteiger partial charge in [-0.2, -0.15) is 47.9 Å². The molecule has 0 saturated carbocycles. The van der Waals surface area contributed by atoms with Crippen molar-refractivity contribution in [3.8, 4) is 51.0 Å². The van der Waals surface area contributed by atoms with Crippen molar-refractivity contribution in [3.63, 3.8) is 0 Å². The van der Waals surface area contributed by atoms with Crippen molar-refractivity contribution in [1.82, 2.24) is 15.0 Å². The highest BCUT2D eigenvalue weighted by Gasteiger charge is 2.86. The fourth-order valence-corrected chi connectivity index (χ4v) is 5.81. The molecule has 0 fully saturated rings. The Morgan fingerprint density at radius 2 is 0.882 bits per heavy atom. The van der Waals surface area contributed by atoms with E-state index in [-0.39, 0.29) is 5.39 Å². The SMILES string of the molecule is O=S(=O)(Oc1ccc2ccc(-c3ccc(-c4nc(-c5ccccc5)nc(-c5ccccc5)n4)cc3)cc2c1)C(F)(F)C(F)(F)C(F)(F)C(F)(F)F. The largest absolute Gasteiger partial charge is 0.460 e. The number of nitrogens with zero attached hydrogens (tertiary/aromatic N) is 3. The molecule has 0 amide bonds. The predicted molar refractivity (Wildman–Crippen MR) is 170 cm³/mol. The third kappa shape index (κ3) is 6.46. The fourth-order valence-electron chi connectivity index (χ4n) is 4.90. The van der Waals surface area contributed by atoms with Gasteiger partial charge in [0.05, 0.1) is 0 Å². The molecule has 0 spiro atoms. The Hall–Kier alpha value is -5.51. The molecule has 5 aromatic carbocycles. The molecule has 51 heavy (non-hydrogen) atoms. The lowest BCUT2D eigenvalue weighted by Gasteiger charge is -2.32. The summed E-state index contributed by atoms with van der Waals surface area (Å²) in [6, 6.07) is 32.8. The van der Waals surface area contributed by atoms with E-state index in [1.807, 2.05) is 60.7 Å². The molecule has 6 aromatic rings. The Morgan fingerprint density at radius 1 is 0.451 bits per heavy atom. The first-order valence-electron chi connectivity index (χ1n) is 14.6. The Labute approximate surface area is 283 Å². The molecule has 262 valence electrons. The van der Waals surface area contributed by atoms with Gasteiger partial charge in [-0.3, -0.25) is 0 Å². The fraction of sp³-hybridized carbons (Fsp3) is 0.114. The van der Waals surface area contributed by atoms with Gasteiger partial charge in [0.15, 0.2) is 17.5 Å². The molecule has 0 unspecified atom stereocenters. The molecule has 0 aliphatic heterocycles. The van der Waals surface area contributed by atoms with Crippen molar-refractivity contribution in [2.75, 3.05) is 0 Å². The summed E-state index contributed by atoms with van der Waals surface area (Å²) in [6.45, 7) is 0. The summed E-state index contributed by atoms with van der Waals surface area (Å²) < 4.78 is 148. The van der Waals surface area contributed by atoms with Gasteiger partial charge in [0.25, 0.3) is 0 Å². The van der Waals surface area contributed by atoms with Crippen molar-refractivity contribution in [2.24, 2.45) is 0 Å². The average Bonchev–Trinajstić information content (AvgIpc) is 3.11. The van der Waals surface area contributed by atoms with E-state index in [4.69, 9.17) is 0 Å². The standard InChI is InChI=1S/C35H20F9N3O3S/c36-32(37,34(40,41)42)33(38,39)35(43,44)51(48,49)50-28-18-17-22-13-16-26(19-27(22)20-28)21-11-14-25(15-12-21)31-46-29(23-7-3-1-4-8-23)45-30(47-31)24-9-5-2-6-10-24/h1-20H. The molecule has 0 saturated heterocycles. The molecule has 0 N–H and O–H groups in total. The zero-order valence-corrected chi connectivity index (χ0v) is 26.2.